The van der Waals surface area contributed by atoms with Crippen molar-refractivity contribution in [3.63, 3.8) is 0 Å². The second-order valence-corrected chi connectivity index (χ2v) is 7.14. The summed E-state index contributed by atoms with van der Waals surface area (Å²) in [7, 11) is 0. The van der Waals surface area contributed by atoms with Crippen molar-refractivity contribution in [3.8, 4) is 22.4 Å². The minimum absolute atomic E-state index is 0.0817. The van der Waals surface area contributed by atoms with E-state index in [-0.39, 0.29) is 12.0 Å². The van der Waals surface area contributed by atoms with Crippen molar-refractivity contribution in [1.29, 1.82) is 0 Å². The SMILES string of the molecule is Cc1nc(NC(C)c2cccc(-c3cnc(N)nc3)c2)cc(-c2ccc(F)c(F)c2)n1. The number of hydrogen-bond donors (Lipinski definition) is 2. The Bertz CT molecular complexity index is 1230. The summed E-state index contributed by atoms with van der Waals surface area (Å²) in [6.45, 7) is 3.76. The van der Waals surface area contributed by atoms with Crippen molar-refractivity contribution >= 4 is 11.8 Å². The average Bonchev–Trinajstić information content (AvgIpc) is 2.76. The number of rotatable bonds is 5. The van der Waals surface area contributed by atoms with Gasteiger partial charge in [0.2, 0.25) is 5.95 Å². The van der Waals surface area contributed by atoms with Crippen LogP contribution in [0.3, 0.4) is 0 Å². The normalized spacial score (nSPS) is 11.9. The zero-order valence-corrected chi connectivity index (χ0v) is 17.0. The number of anilines is 2. The molecule has 0 spiro atoms. The van der Waals surface area contributed by atoms with Crippen LogP contribution in [0.15, 0.2) is 60.9 Å². The largest absolute Gasteiger partial charge is 0.368 e. The van der Waals surface area contributed by atoms with E-state index in [0.717, 1.165) is 28.8 Å². The molecule has 1 atom stereocenters. The molecule has 31 heavy (non-hydrogen) atoms. The highest BCUT2D eigenvalue weighted by atomic mass is 19.2. The van der Waals surface area contributed by atoms with Gasteiger partial charge in [0.15, 0.2) is 11.6 Å². The van der Waals surface area contributed by atoms with Gasteiger partial charge in [0.25, 0.3) is 0 Å². The first-order chi connectivity index (χ1) is 14.9. The fourth-order valence-electron chi connectivity index (χ4n) is 3.22. The number of hydrogen-bond acceptors (Lipinski definition) is 6. The average molecular weight is 418 g/mol. The van der Waals surface area contributed by atoms with Crippen LogP contribution in [0.5, 0.6) is 0 Å². The van der Waals surface area contributed by atoms with Gasteiger partial charge in [0, 0.05) is 35.6 Å². The molecule has 0 aliphatic carbocycles. The number of benzene rings is 2. The quantitative estimate of drug-likeness (QED) is 0.477. The highest BCUT2D eigenvalue weighted by molar-refractivity contribution is 5.64. The summed E-state index contributed by atoms with van der Waals surface area (Å²) in [5.74, 6) is -0.482. The molecule has 0 bridgehead atoms. The standard InChI is InChI=1S/C23H20F2N6/c1-13(15-4-3-5-16(8-15)18-11-27-23(26)28-12-18)29-22-10-21(30-14(2)31-22)17-6-7-19(24)20(25)9-17/h3-13H,1-2H3,(H2,26,27,28)(H,29,30,31). The van der Waals surface area contributed by atoms with E-state index in [1.54, 1.807) is 25.4 Å². The Morgan fingerprint density at radius 1 is 0.871 bits per heavy atom. The van der Waals surface area contributed by atoms with Crippen LogP contribution in [0.1, 0.15) is 24.4 Å². The maximum atomic E-state index is 13.6. The monoisotopic (exact) mass is 418 g/mol. The van der Waals surface area contributed by atoms with Crippen LogP contribution in [0, 0.1) is 18.6 Å². The van der Waals surface area contributed by atoms with Crippen LogP contribution < -0.4 is 11.1 Å². The van der Waals surface area contributed by atoms with Crippen molar-refractivity contribution < 1.29 is 8.78 Å². The molecule has 1 unspecified atom stereocenters. The Balaban J connectivity index is 1.59. The molecule has 2 aromatic heterocycles. The highest BCUT2D eigenvalue weighted by Gasteiger charge is 2.12. The molecule has 2 aromatic carbocycles. The summed E-state index contributed by atoms with van der Waals surface area (Å²) in [6, 6.07) is 13.3. The summed E-state index contributed by atoms with van der Waals surface area (Å²) < 4.78 is 26.9. The van der Waals surface area contributed by atoms with Gasteiger partial charge >= 0.3 is 0 Å². The molecule has 0 aliphatic heterocycles. The summed E-state index contributed by atoms with van der Waals surface area (Å²) in [5.41, 5.74) is 9.41. The highest BCUT2D eigenvalue weighted by Crippen LogP contribution is 2.26. The van der Waals surface area contributed by atoms with E-state index in [4.69, 9.17) is 5.73 Å². The first kappa shape index (κ1) is 20.3. The van der Waals surface area contributed by atoms with Crippen molar-refractivity contribution in [3.05, 3.63) is 83.9 Å². The lowest BCUT2D eigenvalue weighted by atomic mass is 10.0. The molecule has 0 fully saturated rings. The molecule has 156 valence electrons. The second-order valence-electron chi connectivity index (χ2n) is 7.14. The van der Waals surface area contributed by atoms with Gasteiger partial charge in [-0.05, 0) is 49.2 Å². The molecule has 0 saturated carbocycles. The first-order valence-electron chi connectivity index (χ1n) is 9.64. The van der Waals surface area contributed by atoms with E-state index in [1.807, 2.05) is 31.2 Å². The van der Waals surface area contributed by atoms with Crippen molar-refractivity contribution in [2.75, 3.05) is 11.1 Å². The molecule has 2 heterocycles. The van der Waals surface area contributed by atoms with Crippen molar-refractivity contribution in [1.82, 2.24) is 19.9 Å². The van der Waals surface area contributed by atoms with Crippen LogP contribution >= 0.6 is 0 Å². The fraction of sp³-hybridized carbons (Fsp3) is 0.130. The number of aryl methyl sites for hydroxylation is 1. The van der Waals surface area contributed by atoms with E-state index in [9.17, 15) is 8.78 Å². The number of nitrogens with zero attached hydrogens (tertiary/aromatic N) is 4. The molecule has 4 rings (SSSR count). The lowest BCUT2D eigenvalue weighted by Gasteiger charge is -2.17. The van der Waals surface area contributed by atoms with Crippen LogP contribution in [0.4, 0.5) is 20.5 Å². The van der Waals surface area contributed by atoms with Crippen LogP contribution in [-0.2, 0) is 0 Å². The molecular formula is C23H20F2N6. The maximum absolute atomic E-state index is 13.6. The minimum Gasteiger partial charge on any atom is -0.368 e. The molecule has 0 amide bonds. The molecule has 6 nitrogen and oxygen atoms in total. The number of nitrogens with two attached hydrogens (primary N) is 1. The molecule has 0 saturated heterocycles. The van der Waals surface area contributed by atoms with Gasteiger partial charge in [0.1, 0.15) is 11.6 Å². The summed E-state index contributed by atoms with van der Waals surface area (Å²) in [5, 5.41) is 3.35. The zero-order chi connectivity index (χ0) is 22.0. The molecule has 0 aliphatic rings. The summed E-state index contributed by atoms with van der Waals surface area (Å²) in [6.07, 6.45) is 3.36. The van der Waals surface area contributed by atoms with Crippen molar-refractivity contribution in [2.24, 2.45) is 0 Å². The van der Waals surface area contributed by atoms with Gasteiger partial charge < -0.3 is 11.1 Å². The van der Waals surface area contributed by atoms with E-state index in [0.29, 0.717) is 22.9 Å². The van der Waals surface area contributed by atoms with E-state index in [2.05, 4.69) is 25.3 Å². The lowest BCUT2D eigenvalue weighted by molar-refractivity contribution is 0.509. The molecular weight excluding hydrogens is 398 g/mol. The van der Waals surface area contributed by atoms with E-state index < -0.39 is 11.6 Å². The predicted molar refractivity (Wildman–Crippen MR) is 116 cm³/mol. The van der Waals surface area contributed by atoms with Gasteiger partial charge in [-0.15, -0.1) is 0 Å². The van der Waals surface area contributed by atoms with E-state index >= 15 is 0 Å². The van der Waals surface area contributed by atoms with Gasteiger partial charge in [-0.1, -0.05) is 18.2 Å². The second kappa shape index (κ2) is 8.43. The Labute approximate surface area is 178 Å². The number of aromatic nitrogens is 4. The van der Waals surface area contributed by atoms with E-state index in [1.165, 1.54) is 6.07 Å². The predicted octanol–water partition coefficient (Wildman–Crippen LogP) is 4.94. The Morgan fingerprint density at radius 3 is 2.39 bits per heavy atom. The zero-order valence-electron chi connectivity index (χ0n) is 17.0. The van der Waals surface area contributed by atoms with Crippen LogP contribution in [0.2, 0.25) is 0 Å². The van der Waals surface area contributed by atoms with Gasteiger partial charge in [-0.25, -0.2) is 28.7 Å². The number of nitrogen functional groups attached to an aromatic ring is 1. The number of nitrogens with one attached hydrogen (secondary N) is 1. The Hall–Kier alpha value is -3.94. The Kier molecular flexibility index (Phi) is 5.53. The minimum atomic E-state index is -0.917. The number of halogens is 2. The van der Waals surface area contributed by atoms with Crippen LogP contribution in [-0.4, -0.2) is 19.9 Å². The molecule has 8 heteroatoms. The molecule has 0 radical (unpaired) electrons. The third-order valence-electron chi connectivity index (χ3n) is 4.81. The lowest BCUT2D eigenvalue weighted by Crippen LogP contribution is -2.09. The van der Waals surface area contributed by atoms with Gasteiger partial charge in [-0.3, -0.25) is 0 Å². The fourth-order valence-corrected chi connectivity index (χ4v) is 3.22. The smallest absolute Gasteiger partial charge is 0.219 e. The Morgan fingerprint density at radius 2 is 1.65 bits per heavy atom. The summed E-state index contributed by atoms with van der Waals surface area (Å²) in [4.78, 5) is 16.9. The van der Waals surface area contributed by atoms with Gasteiger partial charge in [-0.2, -0.15) is 0 Å². The topological polar surface area (TPSA) is 89.6 Å². The summed E-state index contributed by atoms with van der Waals surface area (Å²) >= 11 is 0. The molecule has 3 N–H and O–H groups in total. The van der Waals surface area contributed by atoms with Gasteiger partial charge in [0.05, 0.1) is 5.69 Å². The third kappa shape index (κ3) is 4.63. The first-order valence-corrected chi connectivity index (χ1v) is 9.64. The third-order valence-corrected chi connectivity index (χ3v) is 4.81. The maximum Gasteiger partial charge on any atom is 0.219 e. The van der Waals surface area contributed by atoms with Crippen LogP contribution in [0.25, 0.3) is 22.4 Å². The van der Waals surface area contributed by atoms with Crippen molar-refractivity contribution in [2.45, 2.75) is 19.9 Å². The molecule has 4 aromatic rings.